The maximum Gasteiger partial charge on any atom is 0.530 e. The van der Waals surface area contributed by atoms with Crippen LogP contribution in [0, 0.1) is 0 Å². The van der Waals surface area contributed by atoms with E-state index >= 15 is 0 Å². The molecule has 10 nitrogen and oxygen atoms in total. The van der Waals surface area contributed by atoms with E-state index in [4.69, 9.17) is 46.1 Å². The van der Waals surface area contributed by atoms with E-state index in [1.807, 2.05) is 258 Å². The normalized spacial score (nSPS) is 11.1. The van der Waals surface area contributed by atoms with Crippen LogP contribution in [0.1, 0.15) is 27.7 Å². The fourth-order valence-electron chi connectivity index (χ4n) is 10.7. The lowest BCUT2D eigenvalue weighted by atomic mass is 9.92. The third-order valence-corrected chi connectivity index (χ3v) is 16.6. The second-order valence-electron chi connectivity index (χ2n) is 20.0. The minimum atomic E-state index is -2.39. The fourth-order valence-corrected chi connectivity index (χ4v) is 12.9. The van der Waals surface area contributed by atoms with Gasteiger partial charge >= 0.3 is 17.2 Å². The Balaban J connectivity index is 1.03. The molecule has 0 atom stereocenters. The van der Waals surface area contributed by atoms with Gasteiger partial charge in [0.05, 0.1) is 26.4 Å². The van der Waals surface area contributed by atoms with Gasteiger partial charge in [-0.3, -0.25) is 0 Å². The van der Waals surface area contributed by atoms with Crippen molar-refractivity contribution >= 4 is 38.7 Å². The summed E-state index contributed by atoms with van der Waals surface area (Å²) in [5.41, 5.74) is 8.05. The summed E-state index contributed by atoms with van der Waals surface area (Å²) >= 11 is 0. The van der Waals surface area contributed by atoms with Gasteiger partial charge in [-0.15, -0.1) is 0 Å². The number of para-hydroxylation sites is 8. The number of hydrogen-bond donors (Lipinski definition) is 0. The molecule has 0 aromatic heterocycles. The van der Waals surface area contributed by atoms with Crippen molar-refractivity contribution in [3.05, 3.63) is 267 Å². The van der Waals surface area contributed by atoms with Gasteiger partial charge in [0.2, 0.25) is 0 Å². The van der Waals surface area contributed by atoms with Gasteiger partial charge in [-0.05, 0) is 110 Å². The van der Waals surface area contributed by atoms with Gasteiger partial charge in [-0.2, -0.15) is 0 Å². The Hall–Kier alpha value is -9.98. The monoisotopic (exact) mass is 1200 g/mol. The first-order valence-corrected chi connectivity index (χ1v) is 31.7. The van der Waals surface area contributed by atoms with Gasteiger partial charge in [-0.25, -0.2) is 0 Å². The van der Waals surface area contributed by atoms with Crippen LogP contribution in [-0.2, 0) is 0 Å². The molecule has 0 saturated carbocycles. The Morgan fingerprint density at radius 2 is 0.409 bits per heavy atom. The SMILES string of the molecule is CCOc1ccccc1-c1ccccc1OP(Oc1ccccc1-c1ccccc1OCC)Oc1ccc2ccccc2c1-c1c(OP(Oc2ccccc2-c2ccccc2OCC)Oc2ccccc2-c2ccccc2OCC)ccc2ccccc12. The predicted molar refractivity (Wildman–Crippen MR) is 357 cm³/mol. The highest BCUT2D eigenvalue weighted by Gasteiger charge is 2.31. The van der Waals surface area contributed by atoms with Crippen LogP contribution in [0.4, 0.5) is 0 Å². The van der Waals surface area contributed by atoms with Gasteiger partial charge in [0.1, 0.15) is 57.5 Å². The van der Waals surface area contributed by atoms with E-state index in [9.17, 15) is 0 Å². The number of fused-ring (bicyclic) bond motifs is 2. The average molecular weight is 1200 g/mol. The van der Waals surface area contributed by atoms with Crippen LogP contribution in [0.25, 0.3) is 77.2 Å². The molecular weight excluding hydrogens is 1130 g/mol. The zero-order valence-corrected chi connectivity index (χ0v) is 51.0. The summed E-state index contributed by atoms with van der Waals surface area (Å²) in [7, 11) is -4.77. The Morgan fingerprint density at radius 1 is 0.205 bits per heavy atom. The molecule has 88 heavy (non-hydrogen) atoms. The molecule has 0 spiro atoms. The quantitative estimate of drug-likeness (QED) is 0.0515. The van der Waals surface area contributed by atoms with E-state index in [2.05, 4.69) is 36.4 Å². The van der Waals surface area contributed by atoms with E-state index in [1.54, 1.807) is 0 Å². The van der Waals surface area contributed by atoms with Crippen LogP contribution in [0.15, 0.2) is 267 Å². The highest BCUT2D eigenvalue weighted by Crippen LogP contribution is 2.56. The minimum Gasteiger partial charge on any atom is -0.493 e. The average Bonchev–Trinajstić information content (AvgIpc) is 3.16. The lowest BCUT2D eigenvalue weighted by Gasteiger charge is -2.25. The molecule has 12 aromatic carbocycles. The molecule has 12 rings (SSSR count). The Labute approximate surface area is 516 Å². The summed E-state index contributed by atoms with van der Waals surface area (Å²) in [6.07, 6.45) is 0. The zero-order chi connectivity index (χ0) is 60.0. The number of hydrogen-bond acceptors (Lipinski definition) is 10. The maximum absolute atomic E-state index is 7.47. The van der Waals surface area contributed by atoms with E-state index in [-0.39, 0.29) is 0 Å². The standard InChI is InChI=1S/C76H64O10P2/c1-5-77-65-41-21-13-33-57(65)61-37-17-25-45-69(61)81-87(82-70-46-26-18-38-62(70)58-34-14-22-42-66(58)78-6-2)85-73-51-49-53-29-9-11-31-55(53)75(73)76-56-32-12-10-30-54(56)50-52-74(76)86-88(83-71-47-27-19-39-63(71)59-35-15-23-43-67(59)79-7-3)84-72-48-28-20-40-64(72)60-36-16-24-44-68(60)80-8-4/h9-52H,5-8H2,1-4H3. The predicted octanol–water partition coefficient (Wildman–Crippen LogP) is 21.5. The number of rotatable bonds is 25. The lowest BCUT2D eigenvalue weighted by Crippen LogP contribution is -2.07. The first-order chi connectivity index (χ1) is 43.5. The maximum atomic E-state index is 7.47. The Bertz CT molecular complexity index is 3890. The van der Waals surface area contributed by atoms with Crippen LogP contribution in [0.2, 0.25) is 0 Å². The number of ether oxygens (including phenoxy) is 4. The molecule has 0 radical (unpaired) electrons. The van der Waals surface area contributed by atoms with Gasteiger partial charge < -0.3 is 46.1 Å². The van der Waals surface area contributed by atoms with E-state index < -0.39 is 17.2 Å². The highest BCUT2D eigenvalue weighted by atomic mass is 31.2. The van der Waals surface area contributed by atoms with Crippen molar-refractivity contribution in [2.24, 2.45) is 0 Å². The molecule has 0 aliphatic heterocycles. The summed E-state index contributed by atoms with van der Waals surface area (Å²) in [6, 6.07) is 87.8. The highest BCUT2D eigenvalue weighted by molar-refractivity contribution is 7.43. The second kappa shape index (κ2) is 28.0. The van der Waals surface area contributed by atoms with Crippen LogP contribution >= 0.6 is 17.2 Å². The molecule has 0 saturated heterocycles. The molecular formula is C76H64O10P2. The van der Waals surface area contributed by atoms with Crippen molar-refractivity contribution < 1.29 is 46.1 Å². The molecule has 0 amide bonds. The molecule has 0 bridgehead atoms. The van der Waals surface area contributed by atoms with Gasteiger partial charge in [-0.1, -0.05) is 206 Å². The molecule has 12 heteroatoms. The second-order valence-corrected chi connectivity index (χ2v) is 22.0. The third kappa shape index (κ3) is 12.9. The lowest BCUT2D eigenvalue weighted by molar-refractivity contribution is 0.341. The fraction of sp³-hybridized carbons (Fsp3) is 0.105. The minimum absolute atomic E-state index is 0.465. The largest absolute Gasteiger partial charge is 0.530 e. The molecule has 0 unspecified atom stereocenters. The van der Waals surface area contributed by atoms with Crippen molar-refractivity contribution in [3.8, 4) is 113 Å². The summed E-state index contributed by atoms with van der Waals surface area (Å²) in [5, 5.41) is 3.69. The first kappa shape index (κ1) is 58.4. The summed E-state index contributed by atoms with van der Waals surface area (Å²) < 4.78 is 68.6. The van der Waals surface area contributed by atoms with Gasteiger partial charge in [0.25, 0.3) is 0 Å². The molecule has 0 aliphatic carbocycles. The van der Waals surface area contributed by atoms with Gasteiger partial charge in [0.15, 0.2) is 0 Å². The molecule has 0 heterocycles. The van der Waals surface area contributed by atoms with Crippen molar-refractivity contribution in [2.45, 2.75) is 27.7 Å². The molecule has 12 aromatic rings. The van der Waals surface area contributed by atoms with E-state index in [0.29, 0.717) is 60.9 Å². The smallest absolute Gasteiger partial charge is 0.493 e. The van der Waals surface area contributed by atoms with Crippen molar-refractivity contribution in [1.82, 2.24) is 0 Å². The summed E-state index contributed by atoms with van der Waals surface area (Å²) in [4.78, 5) is 0. The molecule has 438 valence electrons. The first-order valence-electron chi connectivity index (χ1n) is 29.5. The van der Waals surface area contributed by atoms with Crippen molar-refractivity contribution in [2.75, 3.05) is 26.4 Å². The van der Waals surface area contributed by atoms with E-state index in [1.165, 1.54) is 0 Å². The van der Waals surface area contributed by atoms with Gasteiger partial charge in [0, 0.05) is 55.6 Å². The topological polar surface area (TPSA) is 92.3 Å². The zero-order valence-electron chi connectivity index (χ0n) is 49.2. The van der Waals surface area contributed by atoms with Crippen molar-refractivity contribution in [3.63, 3.8) is 0 Å². The summed E-state index contributed by atoms with van der Waals surface area (Å²) in [5.74, 6) is 5.91. The molecule has 0 aliphatic rings. The Kier molecular flexibility index (Phi) is 18.6. The summed E-state index contributed by atoms with van der Waals surface area (Å²) in [6.45, 7) is 9.83. The van der Waals surface area contributed by atoms with Crippen LogP contribution in [-0.4, -0.2) is 26.4 Å². The number of benzene rings is 12. The van der Waals surface area contributed by atoms with Crippen LogP contribution in [0.3, 0.4) is 0 Å². The van der Waals surface area contributed by atoms with E-state index in [0.717, 1.165) is 100 Å². The van der Waals surface area contributed by atoms with Crippen LogP contribution in [0.5, 0.6) is 57.5 Å². The van der Waals surface area contributed by atoms with Crippen molar-refractivity contribution in [1.29, 1.82) is 0 Å². The van der Waals surface area contributed by atoms with Crippen LogP contribution < -0.4 is 46.1 Å². The molecule has 0 N–H and O–H groups in total. The third-order valence-electron chi connectivity index (χ3n) is 14.5. The Morgan fingerprint density at radius 3 is 0.670 bits per heavy atom. The molecule has 0 fully saturated rings.